The lowest BCUT2D eigenvalue weighted by Gasteiger charge is -2.47. The molecule has 0 aliphatic carbocycles. The Morgan fingerprint density at radius 3 is 2.49 bits per heavy atom. The van der Waals surface area contributed by atoms with Crippen molar-refractivity contribution < 1.29 is 23.8 Å². The van der Waals surface area contributed by atoms with Crippen LogP contribution in [0.2, 0.25) is 0 Å². The molecule has 0 saturated carbocycles. The SMILES string of the molecule is CCOc1ccccc1[C@@H]1c2[nH]c3ccccc3c2C[C@H]2C(=O)N(Cc3ccc(OC)c(OC)c3)CC(=O)N12. The number of nitrogens with one attached hydrogen (secondary N) is 1. The van der Waals surface area contributed by atoms with Crippen LogP contribution in [0.1, 0.15) is 35.3 Å². The zero-order chi connectivity index (χ0) is 27.1. The van der Waals surface area contributed by atoms with Gasteiger partial charge < -0.3 is 29.0 Å². The van der Waals surface area contributed by atoms with Gasteiger partial charge in [0, 0.05) is 35.1 Å². The molecule has 8 nitrogen and oxygen atoms in total. The van der Waals surface area contributed by atoms with E-state index in [1.165, 1.54) is 0 Å². The third kappa shape index (κ3) is 4.16. The molecule has 1 saturated heterocycles. The lowest BCUT2D eigenvalue weighted by atomic mass is 9.85. The van der Waals surface area contributed by atoms with Crippen LogP contribution in [0, 0.1) is 0 Å². The van der Waals surface area contributed by atoms with Crippen molar-refractivity contribution in [3.05, 3.63) is 89.1 Å². The highest BCUT2D eigenvalue weighted by Crippen LogP contribution is 2.45. The van der Waals surface area contributed by atoms with Crippen molar-refractivity contribution in [1.82, 2.24) is 14.8 Å². The first-order chi connectivity index (χ1) is 19.0. The van der Waals surface area contributed by atoms with E-state index in [-0.39, 0.29) is 18.4 Å². The Labute approximate surface area is 227 Å². The Balaban J connectivity index is 1.42. The lowest BCUT2D eigenvalue weighted by molar-refractivity contribution is -0.159. The number of ether oxygens (including phenoxy) is 3. The molecular weight excluding hydrogens is 494 g/mol. The second-order valence-corrected chi connectivity index (χ2v) is 9.84. The fourth-order valence-corrected chi connectivity index (χ4v) is 5.97. The fourth-order valence-electron chi connectivity index (χ4n) is 5.97. The van der Waals surface area contributed by atoms with E-state index in [0.29, 0.717) is 36.8 Å². The van der Waals surface area contributed by atoms with Crippen LogP contribution >= 0.6 is 0 Å². The zero-order valence-corrected chi connectivity index (χ0v) is 22.3. The molecule has 0 unspecified atom stereocenters. The Kier molecular flexibility index (Phi) is 6.38. The van der Waals surface area contributed by atoms with Gasteiger partial charge in [-0.25, -0.2) is 0 Å². The normalized spacial score (nSPS) is 18.6. The first-order valence-corrected chi connectivity index (χ1v) is 13.2. The second kappa shape index (κ2) is 10.0. The smallest absolute Gasteiger partial charge is 0.246 e. The van der Waals surface area contributed by atoms with Crippen molar-refractivity contribution in [2.45, 2.75) is 32.0 Å². The van der Waals surface area contributed by atoms with Crippen LogP contribution in [0.25, 0.3) is 10.9 Å². The van der Waals surface area contributed by atoms with Gasteiger partial charge in [0.2, 0.25) is 11.8 Å². The summed E-state index contributed by atoms with van der Waals surface area (Å²) >= 11 is 0. The number of nitrogens with zero attached hydrogens (tertiary/aromatic N) is 2. The molecule has 0 radical (unpaired) electrons. The van der Waals surface area contributed by atoms with Gasteiger partial charge >= 0.3 is 0 Å². The molecule has 6 rings (SSSR count). The highest BCUT2D eigenvalue weighted by Gasteiger charge is 2.48. The number of para-hydroxylation sites is 2. The summed E-state index contributed by atoms with van der Waals surface area (Å²) in [5.74, 6) is 1.74. The van der Waals surface area contributed by atoms with E-state index in [1.54, 1.807) is 24.0 Å². The number of methoxy groups -OCH3 is 2. The Bertz CT molecular complexity index is 1560. The summed E-state index contributed by atoms with van der Waals surface area (Å²) in [4.78, 5) is 35.0. The van der Waals surface area contributed by atoms with Crippen LogP contribution in [0.15, 0.2) is 66.7 Å². The number of piperazine rings is 1. The van der Waals surface area contributed by atoms with E-state index in [1.807, 2.05) is 67.6 Å². The number of carbonyl (C=O) groups is 2. The summed E-state index contributed by atoms with van der Waals surface area (Å²) in [5.41, 5.74) is 4.73. The predicted molar refractivity (Wildman–Crippen MR) is 147 cm³/mol. The summed E-state index contributed by atoms with van der Waals surface area (Å²) in [6, 6.07) is 20.3. The number of rotatable bonds is 7. The van der Waals surface area contributed by atoms with E-state index in [2.05, 4.69) is 11.1 Å². The van der Waals surface area contributed by atoms with Gasteiger partial charge in [-0.15, -0.1) is 0 Å². The number of hydrogen-bond donors (Lipinski definition) is 1. The number of fused-ring (bicyclic) bond motifs is 4. The number of benzene rings is 3. The Morgan fingerprint density at radius 2 is 1.69 bits per heavy atom. The lowest BCUT2D eigenvalue weighted by Crippen LogP contribution is -2.62. The number of aromatic amines is 1. The number of hydrogen-bond acceptors (Lipinski definition) is 5. The number of amides is 2. The highest BCUT2D eigenvalue weighted by atomic mass is 16.5. The van der Waals surface area contributed by atoms with Crippen molar-refractivity contribution in [3.8, 4) is 17.2 Å². The van der Waals surface area contributed by atoms with Gasteiger partial charge in [0.05, 0.1) is 20.8 Å². The van der Waals surface area contributed by atoms with E-state index in [9.17, 15) is 9.59 Å². The first-order valence-electron chi connectivity index (χ1n) is 13.2. The molecule has 200 valence electrons. The van der Waals surface area contributed by atoms with Crippen molar-refractivity contribution in [2.75, 3.05) is 27.4 Å². The molecule has 0 spiro atoms. The molecule has 3 aromatic carbocycles. The molecule has 2 aliphatic heterocycles. The van der Waals surface area contributed by atoms with Crippen LogP contribution in [-0.2, 0) is 22.6 Å². The van der Waals surface area contributed by atoms with E-state index < -0.39 is 12.1 Å². The van der Waals surface area contributed by atoms with Gasteiger partial charge in [0.15, 0.2) is 11.5 Å². The topological polar surface area (TPSA) is 84.1 Å². The zero-order valence-electron chi connectivity index (χ0n) is 22.3. The largest absolute Gasteiger partial charge is 0.494 e. The molecule has 2 atom stereocenters. The molecule has 39 heavy (non-hydrogen) atoms. The minimum absolute atomic E-state index is 0.00740. The van der Waals surface area contributed by atoms with E-state index >= 15 is 0 Å². The van der Waals surface area contributed by atoms with Gasteiger partial charge in [-0.05, 0) is 42.3 Å². The highest BCUT2D eigenvalue weighted by molar-refractivity contribution is 5.97. The van der Waals surface area contributed by atoms with Crippen molar-refractivity contribution in [2.24, 2.45) is 0 Å². The molecular formula is C31H31N3O5. The van der Waals surface area contributed by atoms with Gasteiger partial charge in [0.25, 0.3) is 0 Å². The summed E-state index contributed by atoms with van der Waals surface area (Å²) in [6.45, 7) is 2.73. The van der Waals surface area contributed by atoms with Crippen molar-refractivity contribution >= 4 is 22.7 Å². The van der Waals surface area contributed by atoms with Gasteiger partial charge in [0.1, 0.15) is 24.4 Å². The monoisotopic (exact) mass is 525 g/mol. The van der Waals surface area contributed by atoms with Crippen LogP contribution in [0.5, 0.6) is 17.2 Å². The molecule has 3 heterocycles. The van der Waals surface area contributed by atoms with Crippen LogP contribution < -0.4 is 14.2 Å². The minimum atomic E-state index is -0.627. The third-order valence-corrected chi connectivity index (χ3v) is 7.68. The maximum absolute atomic E-state index is 14.1. The molecule has 0 bridgehead atoms. The van der Waals surface area contributed by atoms with Crippen LogP contribution in [0.3, 0.4) is 0 Å². The summed E-state index contributed by atoms with van der Waals surface area (Å²) in [5, 5.41) is 1.07. The molecule has 2 aliphatic rings. The quantitative estimate of drug-likeness (QED) is 0.385. The third-order valence-electron chi connectivity index (χ3n) is 7.68. The van der Waals surface area contributed by atoms with Crippen molar-refractivity contribution in [3.63, 3.8) is 0 Å². The summed E-state index contributed by atoms with van der Waals surface area (Å²) < 4.78 is 16.8. The predicted octanol–water partition coefficient (Wildman–Crippen LogP) is 4.47. The van der Waals surface area contributed by atoms with E-state index in [0.717, 1.165) is 33.3 Å². The molecule has 1 fully saturated rings. The summed E-state index contributed by atoms with van der Waals surface area (Å²) in [6.07, 6.45) is 0.444. The summed E-state index contributed by atoms with van der Waals surface area (Å²) in [7, 11) is 3.16. The van der Waals surface area contributed by atoms with Crippen LogP contribution in [-0.4, -0.2) is 60.0 Å². The number of H-pyrrole nitrogens is 1. The number of aromatic nitrogens is 1. The average molecular weight is 526 g/mol. The molecule has 1 aromatic heterocycles. The maximum Gasteiger partial charge on any atom is 0.246 e. The fraction of sp³-hybridized carbons (Fsp3) is 0.290. The molecule has 4 aromatic rings. The van der Waals surface area contributed by atoms with Gasteiger partial charge in [-0.1, -0.05) is 42.5 Å². The van der Waals surface area contributed by atoms with Gasteiger partial charge in [-0.3, -0.25) is 9.59 Å². The molecule has 2 amide bonds. The van der Waals surface area contributed by atoms with Crippen LogP contribution in [0.4, 0.5) is 0 Å². The molecule has 1 N–H and O–H groups in total. The first kappa shape index (κ1) is 24.9. The van der Waals surface area contributed by atoms with E-state index in [4.69, 9.17) is 14.2 Å². The Hall–Kier alpha value is -4.46. The standard InChI is InChI=1S/C31H31N3O5/c1-4-39-25-12-8-6-10-21(25)30-29-22(20-9-5-7-11-23(20)32-29)16-24-31(36)33(18-28(35)34(24)30)17-19-13-14-26(37-2)27(15-19)38-3/h5-15,24,30,32H,4,16-18H2,1-3H3/t24-,30+/m0/s1. The number of carbonyl (C=O) groups excluding carboxylic acids is 2. The van der Waals surface area contributed by atoms with Gasteiger partial charge in [-0.2, -0.15) is 0 Å². The Morgan fingerprint density at radius 1 is 0.923 bits per heavy atom. The minimum Gasteiger partial charge on any atom is -0.494 e. The van der Waals surface area contributed by atoms with Crippen molar-refractivity contribution in [1.29, 1.82) is 0 Å². The second-order valence-electron chi connectivity index (χ2n) is 9.84. The molecule has 8 heteroatoms. The maximum atomic E-state index is 14.1. The average Bonchev–Trinajstić information content (AvgIpc) is 3.33.